The topological polar surface area (TPSA) is 48.6 Å². The van der Waals surface area contributed by atoms with Crippen LogP contribution in [-0.2, 0) is 6.42 Å². The third kappa shape index (κ3) is 2.86. The van der Waals surface area contributed by atoms with Crippen molar-refractivity contribution < 1.29 is 9.53 Å². The molecule has 3 heterocycles. The molecule has 1 saturated heterocycles. The normalized spacial score (nSPS) is 19.0. The average molecular weight is 369 g/mol. The molecule has 2 aromatic rings. The van der Waals surface area contributed by atoms with Gasteiger partial charge in [-0.2, -0.15) is 0 Å². The summed E-state index contributed by atoms with van der Waals surface area (Å²) < 4.78 is 5.83. The van der Waals surface area contributed by atoms with Gasteiger partial charge in [0.25, 0.3) is 5.91 Å². The maximum atomic E-state index is 12.6. The van der Waals surface area contributed by atoms with E-state index >= 15 is 0 Å². The predicted octanol–water partition coefficient (Wildman–Crippen LogP) is 3.98. The van der Waals surface area contributed by atoms with Gasteiger partial charge in [0.2, 0.25) is 0 Å². The molecular formula is C20H23N3O2S. The van der Waals surface area contributed by atoms with Crippen molar-refractivity contribution in [2.24, 2.45) is 5.92 Å². The van der Waals surface area contributed by atoms with Crippen LogP contribution in [0.2, 0.25) is 0 Å². The fraction of sp³-hybridized carbons (Fsp3) is 0.450. The summed E-state index contributed by atoms with van der Waals surface area (Å²) in [5.41, 5.74) is 2.99. The number of H-pyrrole nitrogens is 1. The minimum Gasteiger partial charge on any atom is -0.469 e. The van der Waals surface area contributed by atoms with E-state index in [0.29, 0.717) is 12.4 Å². The summed E-state index contributed by atoms with van der Waals surface area (Å²) in [6.07, 6.45) is 5.93. The van der Waals surface area contributed by atoms with Gasteiger partial charge in [0, 0.05) is 29.7 Å². The van der Waals surface area contributed by atoms with Gasteiger partial charge >= 0.3 is 0 Å². The molecule has 0 unspecified atom stereocenters. The average Bonchev–Trinajstić information content (AvgIpc) is 3.06. The second kappa shape index (κ2) is 6.27. The first-order chi connectivity index (χ1) is 12.7. The van der Waals surface area contributed by atoms with Crippen LogP contribution in [0.15, 0.2) is 29.2 Å². The molecule has 6 heteroatoms. The monoisotopic (exact) mass is 369 g/mol. The summed E-state index contributed by atoms with van der Waals surface area (Å²) in [7, 11) is 0. The Bertz CT molecular complexity index is 853. The minimum atomic E-state index is 0.0700. The second-order valence-corrected chi connectivity index (χ2v) is 8.04. The Morgan fingerprint density at radius 2 is 2.04 bits per heavy atom. The van der Waals surface area contributed by atoms with Crippen LogP contribution in [0.1, 0.15) is 41.7 Å². The molecule has 5 nitrogen and oxygen atoms in total. The number of aromatic nitrogens is 1. The lowest BCUT2D eigenvalue weighted by Crippen LogP contribution is -2.28. The quantitative estimate of drug-likeness (QED) is 0.802. The van der Waals surface area contributed by atoms with Crippen LogP contribution >= 0.6 is 12.6 Å². The molecule has 1 N–H and O–H groups in total. The Labute approximate surface area is 158 Å². The van der Waals surface area contributed by atoms with Crippen LogP contribution in [-0.4, -0.2) is 35.6 Å². The van der Waals surface area contributed by atoms with Gasteiger partial charge in [-0.05, 0) is 61.8 Å². The number of anilines is 2. The molecule has 1 saturated carbocycles. The van der Waals surface area contributed by atoms with E-state index in [2.05, 4.69) is 40.7 Å². The number of ether oxygens (including phenoxy) is 1. The highest BCUT2D eigenvalue weighted by Crippen LogP contribution is 2.41. The molecule has 1 aromatic heterocycles. The molecule has 2 fully saturated rings. The fourth-order valence-electron chi connectivity index (χ4n) is 3.88. The summed E-state index contributed by atoms with van der Waals surface area (Å²) in [5.74, 6) is 2.51. The largest absolute Gasteiger partial charge is 0.469 e. The lowest BCUT2D eigenvalue weighted by Gasteiger charge is -2.19. The predicted molar refractivity (Wildman–Crippen MR) is 104 cm³/mol. The Balaban J connectivity index is 1.41. The number of fused-ring (bicyclic) bond motifs is 1. The molecule has 0 atom stereocenters. The third-order valence-electron chi connectivity index (χ3n) is 5.58. The maximum Gasteiger partial charge on any atom is 0.270 e. The van der Waals surface area contributed by atoms with Crippen molar-refractivity contribution in [3.05, 3.63) is 35.5 Å². The molecule has 5 rings (SSSR count). The molecule has 1 aromatic carbocycles. The van der Waals surface area contributed by atoms with Gasteiger partial charge in [0.1, 0.15) is 5.69 Å². The molecule has 0 bridgehead atoms. The minimum absolute atomic E-state index is 0.0700. The van der Waals surface area contributed by atoms with Crippen LogP contribution in [0.25, 0.3) is 0 Å². The SMILES string of the molecule is O=C(c1cc2c([nH]1)N(c1ccc(S)c(CC3CC3)c1)CO2)N1CCCC1. The zero-order chi connectivity index (χ0) is 17.7. The Kier molecular flexibility index (Phi) is 3.89. The highest BCUT2D eigenvalue weighted by molar-refractivity contribution is 7.80. The number of benzene rings is 1. The third-order valence-corrected chi connectivity index (χ3v) is 6.02. The molecule has 0 spiro atoms. The van der Waals surface area contributed by atoms with Gasteiger partial charge in [-0.15, -0.1) is 12.6 Å². The lowest BCUT2D eigenvalue weighted by molar-refractivity contribution is 0.0787. The zero-order valence-electron chi connectivity index (χ0n) is 14.7. The van der Waals surface area contributed by atoms with Crippen LogP contribution in [0.5, 0.6) is 5.75 Å². The first kappa shape index (κ1) is 16.1. The summed E-state index contributed by atoms with van der Waals surface area (Å²) >= 11 is 4.62. The maximum absolute atomic E-state index is 12.6. The summed E-state index contributed by atoms with van der Waals surface area (Å²) in [5, 5.41) is 0. The van der Waals surface area contributed by atoms with E-state index < -0.39 is 0 Å². The number of carbonyl (C=O) groups excluding carboxylic acids is 1. The Morgan fingerprint density at radius 1 is 1.23 bits per heavy atom. The van der Waals surface area contributed by atoms with Crippen LogP contribution in [0.4, 0.5) is 11.5 Å². The van der Waals surface area contributed by atoms with Crippen LogP contribution < -0.4 is 9.64 Å². The number of thiol groups is 1. The Hall–Kier alpha value is -2.08. The van der Waals surface area contributed by atoms with Crippen molar-refractivity contribution in [2.75, 3.05) is 24.7 Å². The number of hydrogen-bond acceptors (Lipinski definition) is 4. The zero-order valence-corrected chi connectivity index (χ0v) is 15.6. The first-order valence-corrected chi connectivity index (χ1v) is 9.88. The number of carbonyl (C=O) groups is 1. The van der Waals surface area contributed by atoms with E-state index in [4.69, 9.17) is 4.74 Å². The molecule has 3 aliphatic rings. The summed E-state index contributed by atoms with van der Waals surface area (Å²) in [6.45, 7) is 2.16. The van der Waals surface area contributed by atoms with Gasteiger partial charge in [-0.3, -0.25) is 9.69 Å². The van der Waals surface area contributed by atoms with Crippen LogP contribution in [0.3, 0.4) is 0 Å². The van der Waals surface area contributed by atoms with Crippen molar-refractivity contribution in [1.29, 1.82) is 0 Å². The molecular weight excluding hydrogens is 346 g/mol. The molecule has 2 aliphatic heterocycles. The van der Waals surface area contributed by atoms with E-state index in [9.17, 15) is 4.79 Å². The van der Waals surface area contributed by atoms with E-state index in [1.165, 1.54) is 18.4 Å². The van der Waals surface area contributed by atoms with Crippen molar-refractivity contribution in [3.63, 3.8) is 0 Å². The van der Waals surface area contributed by atoms with Crippen molar-refractivity contribution in [2.45, 2.75) is 37.0 Å². The summed E-state index contributed by atoms with van der Waals surface area (Å²) in [6, 6.07) is 8.18. The number of likely N-dealkylation sites (tertiary alicyclic amines) is 1. The van der Waals surface area contributed by atoms with E-state index in [1.54, 1.807) is 0 Å². The van der Waals surface area contributed by atoms with E-state index in [1.807, 2.05) is 11.0 Å². The fourth-order valence-corrected chi connectivity index (χ4v) is 4.11. The summed E-state index contributed by atoms with van der Waals surface area (Å²) in [4.78, 5) is 21.0. The van der Waals surface area contributed by atoms with Gasteiger partial charge in [0.05, 0.1) is 0 Å². The molecule has 0 radical (unpaired) electrons. The van der Waals surface area contributed by atoms with Crippen molar-refractivity contribution in [3.8, 4) is 5.75 Å². The second-order valence-electron chi connectivity index (χ2n) is 7.56. The van der Waals surface area contributed by atoms with Gasteiger partial charge in [0.15, 0.2) is 18.3 Å². The number of nitrogens with zero attached hydrogens (tertiary/aromatic N) is 2. The standard InChI is InChI=1S/C20H23N3O2S/c24-20(22-7-1-2-8-22)16-11-17-19(21-16)23(12-25-17)15-5-6-18(26)14(10-15)9-13-3-4-13/h5-6,10-11,13,21,26H,1-4,7-9,12H2. The number of rotatable bonds is 4. The highest BCUT2D eigenvalue weighted by atomic mass is 32.1. The van der Waals surface area contributed by atoms with Crippen LogP contribution in [0, 0.1) is 5.92 Å². The highest BCUT2D eigenvalue weighted by Gasteiger charge is 2.30. The molecule has 26 heavy (non-hydrogen) atoms. The van der Waals surface area contributed by atoms with Crippen molar-refractivity contribution in [1.82, 2.24) is 9.88 Å². The van der Waals surface area contributed by atoms with E-state index in [0.717, 1.165) is 60.4 Å². The van der Waals surface area contributed by atoms with Gasteiger partial charge < -0.3 is 14.6 Å². The first-order valence-electron chi connectivity index (χ1n) is 9.43. The molecule has 136 valence electrons. The van der Waals surface area contributed by atoms with Gasteiger partial charge in [-0.1, -0.05) is 0 Å². The number of nitrogens with one attached hydrogen (secondary N) is 1. The number of amides is 1. The lowest BCUT2D eigenvalue weighted by atomic mass is 10.1. The Morgan fingerprint density at radius 3 is 2.81 bits per heavy atom. The molecule has 1 amide bonds. The van der Waals surface area contributed by atoms with E-state index in [-0.39, 0.29) is 5.91 Å². The number of hydrogen-bond donors (Lipinski definition) is 2. The van der Waals surface area contributed by atoms with Gasteiger partial charge in [-0.25, -0.2) is 0 Å². The number of aromatic amines is 1. The van der Waals surface area contributed by atoms with Crippen molar-refractivity contribution >= 4 is 30.0 Å². The molecule has 1 aliphatic carbocycles. The smallest absolute Gasteiger partial charge is 0.270 e.